The molecule has 4 nitrogen and oxygen atoms in total. The number of rotatable bonds is 7. The van der Waals surface area contributed by atoms with Crippen LogP contribution < -0.4 is 10.6 Å². The van der Waals surface area contributed by atoms with Crippen LogP contribution in [0.2, 0.25) is 0 Å². The molecule has 0 saturated heterocycles. The topological polar surface area (TPSA) is 61.4 Å². The molecule has 0 fully saturated rings. The summed E-state index contributed by atoms with van der Waals surface area (Å²) in [4.78, 5) is 11.6. The predicted molar refractivity (Wildman–Crippen MR) is 81.6 cm³/mol. The molecule has 0 saturated carbocycles. The lowest BCUT2D eigenvalue weighted by Crippen LogP contribution is -2.35. The molecule has 0 aliphatic heterocycles. The maximum Gasteiger partial charge on any atom is 0.319 e. The maximum absolute atomic E-state index is 11.6. The van der Waals surface area contributed by atoms with Gasteiger partial charge in [0.1, 0.15) is 0 Å². The monoisotopic (exact) mass is 282 g/mol. The fourth-order valence-electron chi connectivity index (χ4n) is 1.67. The number of hydrogen-bond acceptors (Lipinski definition) is 3. The molecule has 2 amide bonds. The molecular weight excluding hydrogens is 260 g/mol. The Morgan fingerprint density at radius 1 is 1.37 bits per heavy atom. The minimum Gasteiger partial charge on any atom is -0.391 e. The number of nitrogens with one attached hydrogen (secondary N) is 2. The summed E-state index contributed by atoms with van der Waals surface area (Å²) in [6.45, 7) is 2.28. The largest absolute Gasteiger partial charge is 0.391 e. The van der Waals surface area contributed by atoms with Crippen LogP contribution in [-0.2, 0) is 5.75 Å². The van der Waals surface area contributed by atoms with E-state index in [0.29, 0.717) is 6.42 Å². The van der Waals surface area contributed by atoms with Crippen LogP contribution in [0.15, 0.2) is 24.3 Å². The smallest absolute Gasteiger partial charge is 0.319 e. The first kappa shape index (κ1) is 15.9. The first-order chi connectivity index (χ1) is 9.15. The van der Waals surface area contributed by atoms with E-state index in [0.717, 1.165) is 17.9 Å². The molecule has 19 heavy (non-hydrogen) atoms. The van der Waals surface area contributed by atoms with Crippen molar-refractivity contribution >= 4 is 23.5 Å². The van der Waals surface area contributed by atoms with Crippen molar-refractivity contribution in [2.45, 2.75) is 31.6 Å². The molecule has 0 radical (unpaired) electrons. The van der Waals surface area contributed by atoms with E-state index in [1.165, 1.54) is 5.56 Å². The van der Waals surface area contributed by atoms with Gasteiger partial charge in [0, 0.05) is 18.0 Å². The van der Waals surface area contributed by atoms with E-state index in [1.807, 2.05) is 31.2 Å². The van der Waals surface area contributed by atoms with E-state index in [1.54, 1.807) is 11.8 Å². The Bertz CT molecular complexity index is 382. The van der Waals surface area contributed by atoms with Gasteiger partial charge in [0.15, 0.2) is 0 Å². The van der Waals surface area contributed by atoms with Gasteiger partial charge in [-0.15, -0.1) is 0 Å². The molecular formula is C14H22N2O2S. The summed E-state index contributed by atoms with van der Waals surface area (Å²) in [6, 6.07) is 7.48. The summed E-state index contributed by atoms with van der Waals surface area (Å²) in [5.41, 5.74) is 1.99. The Morgan fingerprint density at radius 2 is 2.05 bits per heavy atom. The van der Waals surface area contributed by atoms with Crippen LogP contribution in [0.25, 0.3) is 0 Å². The Morgan fingerprint density at radius 3 is 2.63 bits per heavy atom. The molecule has 1 aromatic carbocycles. The number of carbonyl (C=O) groups excluding carboxylic acids is 1. The third-order valence-corrected chi connectivity index (χ3v) is 3.26. The van der Waals surface area contributed by atoms with Crippen LogP contribution in [0.1, 0.15) is 25.3 Å². The SMILES string of the molecule is CCCC(O)CNC(=O)Nc1ccc(CSC)cc1. The number of amides is 2. The van der Waals surface area contributed by atoms with Crippen LogP contribution in [0, 0.1) is 0 Å². The number of anilines is 1. The zero-order valence-electron chi connectivity index (χ0n) is 11.5. The normalized spacial score (nSPS) is 11.9. The van der Waals surface area contributed by atoms with Crippen LogP contribution in [-0.4, -0.2) is 30.0 Å². The van der Waals surface area contributed by atoms with E-state index in [-0.39, 0.29) is 12.6 Å². The van der Waals surface area contributed by atoms with Gasteiger partial charge in [-0.3, -0.25) is 0 Å². The molecule has 0 aromatic heterocycles. The number of aliphatic hydroxyl groups excluding tert-OH is 1. The minimum absolute atomic E-state index is 0.282. The standard InChI is InChI=1S/C14H22N2O2S/c1-3-4-13(17)9-15-14(18)16-12-7-5-11(6-8-12)10-19-2/h5-8,13,17H,3-4,9-10H2,1-2H3,(H2,15,16,18). The fourth-order valence-corrected chi connectivity index (χ4v) is 2.20. The number of carbonyl (C=O) groups is 1. The van der Waals surface area contributed by atoms with Crippen LogP contribution in [0.5, 0.6) is 0 Å². The quantitative estimate of drug-likeness (QED) is 0.720. The maximum atomic E-state index is 11.6. The molecule has 0 heterocycles. The minimum atomic E-state index is -0.472. The van der Waals surface area contributed by atoms with E-state index in [2.05, 4.69) is 16.9 Å². The highest BCUT2D eigenvalue weighted by atomic mass is 32.2. The first-order valence-electron chi connectivity index (χ1n) is 6.46. The second-order valence-electron chi connectivity index (χ2n) is 4.41. The predicted octanol–water partition coefficient (Wildman–Crippen LogP) is 2.83. The molecule has 0 aliphatic carbocycles. The number of urea groups is 1. The van der Waals surface area contributed by atoms with Crippen molar-refractivity contribution in [2.24, 2.45) is 0 Å². The lowest BCUT2D eigenvalue weighted by Gasteiger charge is -2.11. The average Bonchev–Trinajstić information content (AvgIpc) is 2.39. The Hall–Kier alpha value is -1.20. The van der Waals surface area contributed by atoms with Gasteiger partial charge in [-0.25, -0.2) is 4.79 Å². The van der Waals surface area contributed by atoms with Crippen molar-refractivity contribution in [1.82, 2.24) is 5.32 Å². The molecule has 0 aliphatic rings. The highest BCUT2D eigenvalue weighted by Gasteiger charge is 2.06. The van der Waals surface area contributed by atoms with Crippen molar-refractivity contribution in [2.75, 3.05) is 18.1 Å². The van der Waals surface area contributed by atoms with Crippen molar-refractivity contribution in [1.29, 1.82) is 0 Å². The molecule has 106 valence electrons. The third-order valence-electron chi connectivity index (χ3n) is 2.64. The van der Waals surface area contributed by atoms with Gasteiger partial charge in [0.05, 0.1) is 6.10 Å². The number of benzene rings is 1. The summed E-state index contributed by atoms with van der Waals surface area (Å²) in [6.07, 6.45) is 3.19. The first-order valence-corrected chi connectivity index (χ1v) is 7.86. The van der Waals surface area contributed by atoms with Crippen LogP contribution in [0.3, 0.4) is 0 Å². The molecule has 0 spiro atoms. The summed E-state index contributed by atoms with van der Waals surface area (Å²) in [5, 5.41) is 14.9. The summed E-state index contributed by atoms with van der Waals surface area (Å²) < 4.78 is 0. The van der Waals surface area contributed by atoms with E-state index >= 15 is 0 Å². The van der Waals surface area contributed by atoms with Crippen LogP contribution in [0.4, 0.5) is 10.5 Å². The highest BCUT2D eigenvalue weighted by molar-refractivity contribution is 7.97. The third kappa shape index (κ3) is 6.50. The lowest BCUT2D eigenvalue weighted by molar-refractivity contribution is 0.162. The molecule has 5 heteroatoms. The zero-order valence-corrected chi connectivity index (χ0v) is 12.3. The number of thioether (sulfide) groups is 1. The Labute approximate surface area is 119 Å². The molecule has 1 aromatic rings. The van der Waals surface area contributed by atoms with E-state index < -0.39 is 6.10 Å². The number of hydrogen-bond donors (Lipinski definition) is 3. The molecule has 3 N–H and O–H groups in total. The van der Waals surface area contributed by atoms with Gasteiger partial charge >= 0.3 is 6.03 Å². The van der Waals surface area contributed by atoms with Gasteiger partial charge < -0.3 is 15.7 Å². The average molecular weight is 282 g/mol. The summed E-state index contributed by atoms with van der Waals surface area (Å²) in [5.74, 6) is 0.968. The van der Waals surface area contributed by atoms with E-state index in [9.17, 15) is 9.90 Å². The second kappa shape index (κ2) is 8.82. The Balaban J connectivity index is 2.35. The zero-order chi connectivity index (χ0) is 14.1. The van der Waals surface area contributed by atoms with Crippen molar-refractivity contribution in [3.8, 4) is 0 Å². The number of aliphatic hydroxyl groups is 1. The second-order valence-corrected chi connectivity index (χ2v) is 5.27. The molecule has 1 atom stereocenters. The molecule has 0 bridgehead atoms. The Kier molecular flexibility index (Phi) is 7.36. The van der Waals surface area contributed by atoms with Crippen LogP contribution >= 0.6 is 11.8 Å². The fraction of sp³-hybridized carbons (Fsp3) is 0.500. The van der Waals surface area contributed by atoms with Crippen molar-refractivity contribution < 1.29 is 9.90 Å². The van der Waals surface area contributed by atoms with Gasteiger partial charge in [-0.05, 0) is 30.4 Å². The van der Waals surface area contributed by atoms with Gasteiger partial charge in [-0.1, -0.05) is 25.5 Å². The van der Waals surface area contributed by atoms with Crippen molar-refractivity contribution in [3.05, 3.63) is 29.8 Å². The van der Waals surface area contributed by atoms with E-state index in [4.69, 9.17) is 0 Å². The summed E-state index contributed by atoms with van der Waals surface area (Å²) >= 11 is 1.76. The van der Waals surface area contributed by atoms with Gasteiger partial charge in [-0.2, -0.15) is 11.8 Å². The summed E-state index contributed by atoms with van der Waals surface area (Å²) in [7, 11) is 0. The van der Waals surface area contributed by atoms with Crippen molar-refractivity contribution in [3.63, 3.8) is 0 Å². The van der Waals surface area contributed by atoms with Gasteiger partial charge in [0.25, 0.3) is 0 Å². The highest BCUT2D eigenvalue weighted by Crippen LogP contribution is 2.13. The molecule has 1 rings (SSSR count). The molecule has 1 unspecified atom stereocenters. The lowest BCUT2D eigenvalue weighted by atomic mass is 10.2. The van der Waals surface area contributed by atoms with Gasteiger partial charge in [0.2, 0.25) is 0 Å².